The van der Waals surface area contributed by atoms with E-state index < -0.39 is 0 Å². The molecule has 0 saturated carbocycles. The van der Waals surface area contributed by atoms with E-state index in [1.165, 1.54) is 0 Å². The van der Waals surface area contributed by atoms with Crippen LogP contribution in [0.25, 0.3) is 0 Å². The minimum atomic E-state index is 0.357. The Labute approximate surface area is 88.8 Å². The first-order valence-electron chi connectivity index (χ1n) is 5.68. The van der Waals surface area contributed by atoms with Crippen LogP contribution in [0.3, 0.4) is 0 Å². The number of hydrogen-bond acceptors (Lipinski definition) is 2. The largest absolute Gasteiger partial charge is 0.311 e. The zero-order chi connectivity index (χ0) is 11.0. The van der Waals surface area contributed by atoms with Crippen molar-refractivity contribution in [3.8, 4) is 0 Å². The minimum absolute atomic E-state index is 0.357. The van der Waals surface area contributed by atoms with E-state index in [9.17, 15) is 0 Å². The average molecular weight is 198 g/mol. The van der Waals surface area contributed by atoms with Gasteiger partial charge in [-0.25, -0.2) is 0 Å². The van der Waals surface area contributed by atoms with Crippen molar-refractivity contribution in [3.63, 3.8) is 0 Å². The van der Waals surface area contributed by atoms with Crippen molar-refractivity contribution >= 4 is 0 Å². The number of rotatable bonds is 0. The SMILES string of the molecule is CC(C)(C)[C@H]1CN[C@@H](C(C)(C)C)CN1. The summed E-state index contributed by atoms with van der Waals surface area (Å²) in [5.41, 5.74) is 0.714. The van der Waals surface area contributed by atoms with Gasteiger partial charge in [-0.3, -0.25) is 0 Å². The van der Waals surface area contributed by atoms with Gasteiger partial charge in [0, 0.05) is 25.2 Å². The Hall–Kier alpha value is -0.0800. The van der Waals surface area contributed by atoms with Gasteiger partial charge in [0.15, 0.2) is 0 Å². The average Bonchev–Trinajstić information content (AvgIpc) is 2.01. The molecule has 0 bridgehead atoms. The molecule has 1 heterocycles. The smallest absolute Gasteiger partial charge is 0.0241 e. The summed E-state index contributed by atoms with van der Waals surface area (Å²) in [6.45, 7) is 15.9. The second kappa shape index (κ2) is 3.82. The maximum absolute atomic E-state index is 3.65. The molecule has 0 unspecified atom stereocenters. The predicted octanol–water partition coefficient (Wildman–Crippen LogP) is 2.01. The molecule has 1 aliphatic heterocycles. The van der Waals surface area contributed by atoms with Crippen molar-refractivity contribution in [1.29, 1.82) is 0 Å². The molecule has 2 N–H and O–H groups in total. The van der Waals surface area contributed by atoms with Crippen LogP contribution >= 0.6 is 0 Å². The van der Waals surface area contributed by atoms with E-state index in [1.54, 1.807) is 0 Å². The predicted molar refractivity (Wildman–Crippen MR) is 62.5 cm³/mol. The lowest BCUT2D eigenvalue weighted by molar-refractivity contribution is 0.161. The van der Waals surface area contributed by atoms with Gasteiger partial charge < -0.3 is 10.6 Å². The van der Waals surface area contributed by atoms with Crippen LogP contribution in [0.2, 0.25) is 0 Å². The highest BCUT2D eigenvalue weighted by Crippen LogP contribution is 2.25. The molecule has 0 spiro atoms. The van der Waals surface area contributed by atoms with Crippen molar-refractivity contribution in [1.82, 2.24) is 10.6 Å². The van der Waals surface area contributed by atoms with Crippen molar-refractivity contribution < 1.29 is 0 Å². The van der Waals surface area contributed by atoms with E-state index in [0.717, 1.165) is 13.1 Å². The fraction of sp³-hybridized carbons (Fsp3) is 1.00. The van der Waals surface area contributed by atoms with Crippen LogP contribution in [0.5, 0.6) is 0 Å². The molecule has 0 aromatic heterocycles. The Morgan fingerprint density at radius 2 is 1.00 bits per heavy atom. The summed E-state index contributed by atoms with van der Waals surface area (Å²) in [6, 6.07) is 1.20. The summed E-state index contributed by atoms with van der Waals surface area (Å²) in [5, 5.41) is 7.31. The molecule has 1 saturated heterocycles. The lowest BCUT2D eigenvalue weighted by Gasteiger charge is -2.43. The van der Waals surface area contributed by atoms with Crippen molar-refractivity contribution in [3.05, 3.63) is 0 Å². The Morgan fingerprint density at radius 1 is 0.714 bits per heavy atom. The number of hydrogen-bond donors (Lipinski definition) is 2. The third kappa shape index (κ3) is 2.96. The molecule has 14 heavy (non-hydrogen) atoms. The molecule has 1 aliphatic rings. The van der Waals surface area contributed by atoms with E-state index in [4.69, 9.17) is 0 Å². The first-order chi connectivity index (χ1) is 6.21. The molecule has 2 heteroatoms. The van der Waals surface area contributed by atoms with Gasteiger partial charge in [0.05, 0.1) is 0 Å². The van der Waals surface area contributed by atoms with Gasteiger partial charge in [0.1, 0.15) is 0 Å². The highest BCUT2D eigenvalue weighted by Gasteiger charge is 2.33. The number of piperazine rings is 1. The van der Waals surface area contributed by atoms with Crippen LogP contribution in [-0.4, -0.2) is 25.2 Å². The second-order valence-corrected chi connectivity index (χ2v) is 6.65. The Bertz CT molecular complexity index is 155. The molecule has 0 radical (unpaired) electrons. The fourth-order valence-electron chi connectivity index (χ4n) is 1.89. The monoisotopic (exact) mass is 198 g/mol. The molecule has 0 aromatic rings. The van der Waals surface area contributed by atoms with Crippen molar-refractivity contribution in [2.45, 2.75) is 53.6 Å². The highest BCUT2D eigenvalue weighted by atomic mass is 15.1. The molecule has 0 aliphatic carbocycles. The summed E-state index contributed by atoms with van der Waals surface area (Å²) in [4.78, 5) is 0. The van der Waals surface area contributed by atoms with Crippen LogP contribution in [0.15, 0.2) is 0 Å². The summed E-state index contributed by atoms with van der Waals surface area (Å²) in [6.07, 6.45) is 0. The van der Waals surface area contributed by atoms with Gasteiger partial charge in [-0.05, 0) is 10.8 Å². The number of nitrogens with one attached hydrogen (secondary N) is 2. The van der Waals surface area contributed by atoms with Gasteiger partial charge in [0.2, 0.25) is 0 Å². The minimum Gasteiger partial charge on any atom is -0.311 e. The van der Waals surface area contributed by atoms with Gasteiger partial charge in [-0.2, -0.15) is 0 Å². The second-order valence-electron chi connectivity index (χ2n) is 6.65. The lowest BCUT2D eigenvalue weighted by Crippen LogP contribution is -2.61. The van der Waals surface area contributed by atoms with Crippen LogP contribution in [-0.2, 0) is 0 Å². The first kappa shape index (κ1) is 12.0. The molecule has 84 valence electrons. The molecular weight excluding hydrogens is 172 g/mol. The highest BCUT2D eigenvalue weighted by molar-refractivity contribution is 4.93. The summed E-state index contributed by atoms with van der Waals surface area (Å²) in [5.74, 6) is 0. The third-order valence-corrected chi connectivity index (χ3v) is 3.23. The lowest BCUT2D eigenvalue weighted by atomic mass is 9.81. The summed E-state index contributed by atoms with van der Waals surface area (Å²) in [7, 11) is 0. The van der Waals surface area contributed by atoms with E-state index in [0.29, 0.717) is 22.9 Å². The Morgan fingerprint density at radius 3 is 1.14 bits per heavy atom. The zero-order valence-corrected chi connectivity index (χ0v) is 10.6. The van der Waals surface area contributed by atoms with Crippen molar-refractivity contribution in [2.24, 2.45) is 10.8 Å². The molecule has 2 atom stereocenters. The van der Waals surface area contributed by atoms with Crippen LogP contribution < -0.4 is 10.6 Å². The maximum atomic E-state index is 3.65. The molecule has 1 fully saturated rings. The molecule has 1 rings (SSSR count). The Kier molecular flexibility index (Phi) is 3.27. The third-order valence-electron chi connectivity index (χ3n) is 3.23. The van der Waals surface area contributed by atoms with Crippen LogP contribution in [0.4, 0.5) is 0 Å². The van der Waals surface area contributed by atoms with Gasteiger partial charge in [0.25, 0.3) is 0 Å². The van der Waals surface area contributed by atoms with Crippen molar-refractivity contribution in [2.75, 3.05) is 13.1 Å². The topological polar surface area (TPSA) is 24.1 Å². The van der Waals surface area contributed by atoms with E-state index >= 15 is 0 Å². The molecule has 0 amide bonds. The summed E-state index contributed by atoms with van der Waals surface area (Å²) >= 11 is 0. The quantitative estimate of drug-likeness (QED) is 0.622. The molecule has 0 aromatic carbocycles. The van der Waals surface area contributed by atoms with Crippen LogP contribution in [0, 0.1) is 10.8 Å². The van der Waals surface area contributed by atoms with E-state index in [-0.39, 0.29) is 0 Å². The fourth-order valence-corrected chi connectivity index (χ4v) is 1.89. The van der Waals surface area contributed by atoms with E-state index in [1.807, 2.05) is 0 Å². The molecule has 2 nitrogen and oxygen atoms in total. The standard InChI is InChI=1S/C12H26N2/c1-11(2,3)9-7-14-10(8-13-9)12(4,5)6/h9-10,13-14H,7-8H2,1-6H3/t9-,10-/m1/s1. The van der Waals surface area contributed by atoms with Gasteiger partial charge in [-0.15, -0.1) is 0 Å². The van der Waals surface area contributed by atoms with E-state index in [2.05, 4.69) is 52.2 Å². The zero-order valence-electron chi connectivity index (χ0n) is 10.6. The van der Waals surface area contributed by atoms with Gasteiger partial charge in [-0.1, -0.05) is 41.5 Å². The van der Waals surface area contributed by atoms with Gasteiger partial charge >= 0.3 is 0 Å². The van der Waals surface area contributed by atoms with Crippen LogP contribution in [0.1, 0.15) is 41.5 Å². The molecular formula is C12H26N2. The summed E-state index contributed by atoms with van der Waals surface area (Å²) < 4.78 is 0. The first-order valence-corrected chi connectivity index (χ1v) is 5.68. The normalized spacial score (nSPS) is 30.4. The maximum Gasteiger partial charge on any atom is 0.0241 e. The Balaban J connectivity index is 2.47.